The molecule has 0 bridgehead atoms. The Hall–Kier alpha value is -1.14. The lowest BCUT2D eigenvalue weighted by Gasteiger charge is -2.03. The Morgan fingerprint density at radius 3 is 3.06 bits per heavy atom. The largest absolute Gasteiger partial charge is 0.346 e. The molecule has 2 aromatic rings. The normalized spacial score (nSPS) is 10.4. The zero-order chi connectivity index (χ0) is 11.5. The number of halogens is 1. The molecule has 2 heterocycles. The van der Waals surface area contributed by atoms with Crippen molar-refractivity contribution in [2.75, 3.05) is 0 Å². The number of amides is 1. The van der Waals surface area contributed by atoms with Gasteiger partial charge in [-0.15, -0.1) is 11.3 Å². The Morgan fingerprint density at radius 2 is 2.50 bits per heavy atom. The molecule has 0 atom stereocenters. The van der Waals surface area contributed by atoms with E-state index in [2.05, 4.69) is 26.2 Å². The van der Waals surface area contributed by atoms with Crippen molar-refractivity contribution in [2.24, 2.45) is 7.05 Å². The van der Waals surface area contributed by atoms with Gasteiger partial charge in [0.1, 0.15) is 5.69 Å². The maximum Gasteiger partial charge on any atom is 0.269 e. The molecule has 0 unspecified atom stereocenters. The summed E-state index contributed by atoms with van der Waals surface area (Å²) in [5.41, 5.74) is 0.565. The molecular formula is C10H10BrN3OS. The second-order valence-corrected chi connectivity index (χ2v) is 5.22. The van der Waals surface area contributed by atoms with Crippen molar-refractivity contribution in [1.82, 2.24) is 14.9 Å². The van der Waals surface area contributed by atoms with Crippen LogP contribution >= 0.6 is 27.3 Å². The van der Waals surface area contributed by atoms with Gasteiger partial charge in [0.15, 0.2) is 0 Å². The van der Waals surface area contributed by atoms with Gasteiger partial charge in [-0.1, -0.05) is 0 Å². The number of nitrogens with zero attached hydrogens (tertiary/aromatic N) is 2. The molecule has 16 heavy (non-hydrogen) atoms. The molecule has 0 saturated carbocycles. The molecule has 0 fully saturated rings. The summed E-state index contributed by atoms with van der Waals surface area (Å²) in [6, 6.07) is 1.99. The van der Waals surface area contributed by atoms with E-state index in [1.54, 1.807) is 35.5 Å². The fourth-order valence-electron chi connectivity index (χ4n) is 1.28. The van der Waals surface area contributed by atoms with Crippen LogP contribution in [0.3, 0.4) is 0 Å². The Bertz CT molecular complexity index is 506. The average Bonchev–Trinajstić information content (AvgIpc) is 2.84. The molecule has 0 spiro atoms. The average molecular weight is 300 g/mol. The first-order valence-electron chi connectivity index (χ1n) is 4.64. The maximum absolute atomic E-state index is 11.7. The molecule has 0 aliphatic heterocycles. The van der Waals surface area contributed by atoms with Crippen LogP contribution < -0.4 is 5.32 Å². The van der Waals surface area contributed by atoms with Gasteiger partial charge in [-0.05, 0) is 22.0 Å². The number of thiophene rings is 1. The van der Waals surface area contributed by atoms with Crippen LogP contribution in [-0.2, 0) is 13.6 Å². The van der Waals surface area contributed by atoms with Crippen molar-refractivity contribution in [2.45, 2.75) is 6.54 Å². The lowest BCUT2D eigenvalue weighted by molar-refractivity contribution is 0.0943. The molecule has 0 aromatic carbocycles. The van der Waals surface area contributed by atoms with Gasteiger partial charge < -0.3 is 9.88 Å². The van der Waals surface area contributed by atoms with Crippen molar-refractivity contribution in [3.63, 3.8) is 0 Å². The summed E-state index contributed by atoms with van der Waals surface area (Å²) in [6.07, 6.45) is 3.16. The number of aromatic nitrogens is 2. The number of nitrogens with one attached hydrogen (secondary N) is 1. The highest BCUT2D eigenvalue weighted by Crippen LogP contribution is 2.19. The smallest absolute Gasteiger partial charge is 0.269 e. The lowest BCUT2D eigenvalue weighted by atomic mass is 10.4. The van der Waals surface area contributed by atoms with Crippen molar-refractivity contribution < 1.29 is 4.79 Å². The van der Waals surface area contributed by atoms with Crippen LogP contribution in [0.25, 0.3) is 0 Å². The predicted octanol–water partition coefficient (Wildman–Crippen LogP) is 2.17. The second-order valence-electron chi connectivity index (χ2n) is 3.30. The molecule has 2 rings (SSSR count). The molecule has 0 aliphatic carbocycles. The number of imidazole rings is 1. The van der Waals surface area contributed by atoms with Crippen LogP contribution in [0.5, 0.6) is 0 Å². The van der Waals surface area contributed by atoms with Crippen LogP contribution in [-0.4, -0.2) is 15.5 Å². The Morgan fingerprint density at radius 1 is 1.69 bits per heavy atom. The molecule has 2 aromatic heterocycles. The van der Waals surface area contributed by atoms with E-state index in [1.165, 1.54) is 0 Å². The molecule has 0 saturated heterocycles. The van der Waals surface area contributed by atoms with Crippen LogP contribution in [0.4, 0.5) is 0 Å². The molecule has 4 nitrogen and oxygen atoms in total. The van der Waals surface area contributed by atoms with Crippen molar-refractivity contribution >= 4 is 33.2 Å². The summed E-state index contributed by atoms with van der Waals surface area (Å²) >= 11 is 4.98. The minimum absolute atomic E-state index is 0.107. The Labute approximate surface area is 105 Å². The van der Waals surface area contributed by atoms with Gasteiger partial charge in [-0.2, -0.15) is 0 Å². The molecule has 1 amide bonds. The van der Waals surface area contributed by atoms with Crippen LogP contribution in [0, 0.1) is 0 Å². The SMILES string of the molecule is Cn1cncc1C(=O)NCc1cc(Br)cs1. The van der Waals surface area contributed by atoms with Crippen LogP contribution in [0.1, 0.15) is 15.4 Å². The van der Waals surface area contributed by atoms with E-state index in [9.17, 15) is 4.79 Å². The van der Waals surface area contributed by atoms with E-state index in [-0.39, 0.29) is 5.91 Å². The van der Waals surface area contributed by atoms with E-state index in [1.807, 2.05) is 11.4 Å². The number of carbonyl (C=O) groups excluding carboxylic acids is 1. The Kier molecular flexibility index (Phi) is 3.40. The van der Waals surface area contributed by atoms with E-state index < -0.39 is 0 Å². The van der Waals surface area contributed by atoms with Crippen LogP contribution in [0.2, 0.25) is 0 Å². The number of hydrogen-bond donors (Lipinski definition) is 1. The number of rotatable bonds is 3. The summed E-state index contributed by atoms with van der Waals surface area (Å²) in [6.45, 7) is 0.542. The summed E-state index contributed by atoms with van der Waals surface area (Å²) in [7, 11) is 1.80. The van der Waals surface area contributed by atoms with Crippen LogP contribution in [0.15, 0.2) is 28.4 Å². The van der Waals surface area contributed by atoms with Crippen molar-refractivity contribution in [1.29, 1.82) is 0 Å². The van der Waals surface area contributed by atoms with Crippen molar-refractivity contribution in [3.05, 3.63) is 39.0 Å². The standard InChI is InChI=1S/C10H10BrN3OS/c1-14-6-12-4-9(14)10(15)13-3-8-2-7(11)5-16-8/h2,4-6H,3H2,1H3,(H,13,15). The second kappa shape index (κ2) is 4.80. The topological polar surface area (TPSA) is 46.9 Å². The van der Waals surface area contributed by atoms with Gasteiger partial charge in [0.25, 0.3) is 5.91 Å². The van der Waals surface area contributed by atoms with Gasteiger partial charge in [0.05, 0.1) is 19.1 Å². The maximum atomic E-state index is 11.7. The Balaban J connectivity index is 1.96. The zero-order valence-corrected chi connectivity index (χ0v) is 11.0. The van der Waals surface area contributed by atoms with E-state index in [4.69, 9.17) is 0 Å². The van der Waals surface area contributed by atoms with Gasteiger partial charge in [0.2, 0.25) is 0 Å². The fourth-order valence-corrected chi connectivity index (χ4v) is 2.67. The third-order valence-corrected chi connectivity index (χ3v) is 3.79. The minimum Gasteiger partial charge on any atom is -0.346 e. The highest BCUT2D eigenvalue weighted by molar-refractivity contribution is 9.10. The molecular weight excluding hydrogens is 290 g/mol. The monoisotopic (exact) mass is 299 g/mol. The molecule has 0 aliphatic rings. The highest BCUT2D eigenvalue weighted by Gasteiger charge is 2.09. The first-order valence-corrected chi connectivity index (χ1v) is 6.31. The zero-order valence-electron chi connectivity index (χ0n) is 8.61. The van der Waals surface area contributed by atoms with E-state index >= 15 is 0 Å². The molecule has 6 heteroatoms. The summed E-state index contributed by atoms with van der Waals surface area (Å²) < 4.78 is 2.74. The minimum atomic E-state index is -0.107. The first kappa shape index (κ1) is 11.3. The van der Waals surface area contributed by atoms with Gasteiger partial charge in [0, 0.05) is 21.8 Å². The van der Waals surface area contributed by atoms with Crippen molar-refractivity contribution in [3.8, 4) is 0 Å². The van der Waals surface area contributed by atoms with E-state index in [0.29, 0.717) is 12.2 Å². The van der Waals surface area contributed by atoms with E-state index in [0.717, 1.165) is 9.35 Å². The third-order valence-electron chi connectivity index (χ3n) is 2.09. The first-order chi connectivity index (χ1) is 7.66. The third kappa shape index (κ3) is 2.51. The fraction of sp³-hybridized carbons (Fsp3) is 0.200. The number of hydrogen-bond acceptors (Lipinski definition) is 3. The number of carbonyl (C=O) groups is 1. The summed E-state index contributed by atoms with van der Waals surface area (Å²) in [5, 5.41) is 4.84. The lowest BCUT2D eigenvalue weighted by Crippen LogP contribution is -2.24. The molecule has 1 N–H and O–H groups in total. The number of aryl methyl sites for hydroxylation is 1. The summed E-state index contributed by atoms with van der Waals surface area (Å²) in [4.78, 5) is 16.7. The van der Waals surface area contributed by atoms with Gasteiger partial charge in [-0.25, -0.2) is 4.98 Å². The molecule has 0 radical (unpaired) electrons. The van der Waals surface area contributed by atoms with Gasteiger partial charge >= 0.3 is 0 Å². The quantitative estimate of drug-likeness (QED) is 0.944. The molecule has 84 valence electrons. The predicted molar refractivity (Wildman–Crippen MR) is 66.4 cm³/mol. The summed E-state index contributed by atoms with van der Waals surface area (Å²) in [5.74, 6) is -0.107. The van der Waals surface area contributed by atoms with Gasteiger partial charge in [-0.3, -0.25) is 4.79 Å². The highest BCUT2D eigenvalue weighted by atomic mass is 79.9.